The normalized spacial score (nSPS) is 20.5. The lowest BCUT2D eigenvalue weighted by atomic mass is 9.88. The molecule has 1 rings (SSSR count). The maximum atomic E-state index is 12.5. The lowest BCUT2D eigenvalue weighted by Gasteiger charge is -2.26. The van der Waals surface area contributed by atoms with Crippen LogP contribution in [-0.4, -0.2) is 48.9 Å². The van der Waals surface area contributed by atoms with Crippen molar-refractivity contribution in [2.45, 2.75) is 136 Å². The van der Waals surface area contributed by atoms with Gasteiger partial charge >= 0.3 is 0 Å². The van der Waals surface area contributed by atoms with Crippen LogP contribution < -0.4 is 0 Å². The van der Waals surface area contributed by atoms with Crippen LogP contribution in [0.4, 0.5) is 0 Å². The molecule has 37 heavy (non-hydrogen) atoms. The molecule has 1 aliphatic carbocycles. The summed E-state index contributed by atoms with van der Waals surface area (Å²) in [6, 6.07) is 0. The van der Waals surface area contributed by atoms with E-state index in [4.69, 9.17) is 13.3 Å². The monoisotopic (exact) mass is 568 g/mol. The average Bonchev–Trinajstić information content (AvgIpc) is 3.04. The molecular weight excluding hydrogens is 513 g/mol. The molecular formula is C29H56O5Si3. The Kier molecular flexibility index (Phi) is 14.5. The second-order valence-electron chi connectivity index (χ2n) is 13.6. The van der Waals surface area contributed by atoms with Crippen molar-refractivity contribution in [3.8, 4) is 0 Å². The molecule has 1 unspecified atom stereocenters. The highest BCUT2D eigenvalue weighted by molar-refractivity contribution is 6.71. The first kappa shape index (κ1) is 34.2. The number of allylic oxidation sites excluding steroid dienone is 3. The number of unbranched alkanes of at least 4 members (excludes halogenated alkanes) is 3. The number of carbonyl (C=O) groups is 2. The van der Waals surface area contributed by atoms with Gasteiger partial charge in [-0.05, 0) is 104 Å². The van der Waals surface area contributed by atoms with Gasteiger partial charge in [0.25, 0.3) is 5.97 Å². The predicted octanol–water partition coefficient (Wildman–Crippen LogP) is 8.26. The minimum absolute atomic E-state index is 0.0332. The first-order chi connectivity index (χ1) is 17.0. The third kappa shape index (κ3) is 17.4. The molecule has 8 heteroatoms. The van der Waals surface area contributed by atoms with Gasteiger partial charge in [0.1, 0.15) is 0 Å². The molecule has 0 fully saturated rings. The number of rotatable bonds is 18. The molecule has 214 valence electrons. The number of carbonyl (C=O) groups excluding carboxylic acids is 2. The summed E-state index contributed by atoms with van der Waals surface area (Å²) in [6.07, 6.45) is 17.0. The summed E-state index contributed by atoms with van der Waals surface area (Å²) in [5, 5.41) is 0. The Morgan fingerprint density at radius 3 is 2.08 bits per heavy atom. The molecule has 0 radical (unpaired) electrons. The summed E-state index contributed by atoms with van der Waals surface area (Å²) < 4.78 is 18.2. The lowest BCUT2D eigenvalue weighted by molar-refractivity contribution is -0.135. The Labute approximate surface area is 231 Å². The highest BCUT2D eigenvalue weighted by Crippen LogP contribution is 2.29. The van der Waals surface area contributed by atoms with E-state index in [9.17, 15) is 9.59 Å². The SMILES string of the molecule is CC(CCC[C@@H](/C=C/[C@H]1C=CC(=O)[C@@H]1CCCCCCC(=O)O[Si](C)(C)C)O[Si](C)(C)C)O[Si](C)(C)C. The number of hydrogen-bond acceptors (Lipinski definition) is 5. The van der Waals surface area contributed by atoms with E-state index in [0.29, 0.717) is 6.42 Å². The standard InChI is InChI=1S/C29H56O5Si3/c1-24(32-35(2,3)4)16-15-17-26(33-36(5,6)7)22-20-25-21-23-28(30)27(25)18-13-11-12-14-19-29(31)34-37(8,9)10/h20-27H,11-19H2,1-10H3/b22-20+/t24?,25-,26-,27+/m0/s1. The molecule has 1 aliphatic rings. The van der Waals surface area contributed by atoms with Crippen molar-refractivity contribution in [1.82, 2.24) is 0 Å². The molecule has 0 spiro atoms. The maximum Gasteiger partial charge on any atom is 0.292 e. The molecule has 0 amide bonds. The molecule has 5 nitrogen and oxygen atoms in total. The molecule has 0 aromatic carbocycles. The second kappa shape index (κ2) is 15.7. The maximum absolute atomic E-state index is 12.5. The summed E-state index contributed by atoms with van der Waals surface area (Å²) >= 11 is 0. The van der Waals surface area contributed by atoms with Crippen LogP contribution in [0.15, 0.2) is 24.3 Å². The Bertz CT molecular complexity index is 759. The van der Waals surface area contributed by atoms with Crippen LogP contribution in [0.5, 0.6) is 0 Å². The van der Waals surface area contributed by atoms with Gasteiger partial charge in [0.15, 0.2) is 22.4 Å². The topological polar surface area (TPSA) is 61.8 Å². The van der Waals surface area contributed by atoms with E-state index in [-0.39, 0.29) is 35.8 Å². The van der Waals surface area contributed by atoms with Crippen molar-refractivity contribution in [2.75, 3.05) is 0 Å². The van der Waals surface area contributed by atoms with Crippen LogP contribution in [0.3, 0.4) is 0 Å². The minimum Gasteiger partial charge on any atom is -0.520 e. The molecule has 0 heterocycles. The first-order valence-corrected chi connectivity index (χ1v) is 24.7. The largest absolute Gasteiger partial charge is 0.520 e. The number of hydrogen-bond donors (Lipinski definition) is 0. The lowest BCUT2D eigenvalue weighted by Crippen LogP contribution is -2.32. The molecule has 0 aliphatic heterocycles. The highest BCUT2D eigenvalue weighted by Gasteiger charge is 2.28. The Balaban J connectivity index is 2.53. The molecule has 0 N–H and O–H groups in total. The second-order valence-corrected chi connectivity index (χ2v) is 27.0. The van der Waals surface area contributed by atoms with E-state index in [1.54, 1.807) is 6.08 Å². The van der Waals surface area contributed by atoms with Crippen LogP contribution in [0, 0.1) is 11.8 Å². The van der Waals surface area contributed by atoms with Crippen LogP contribution in [0.25, 0.3) is 0 Å². The van der Waals surface area contributed by atoms with Gasteiger partial charge in [0, 0.05) is 24.4 Å². The van der Waals surface area contributed by atoms with Gasteiger partial charge in [0.2, 0.25) is 8.32 Å². The number of ketones is 1. The van der Waals surface area contributed by atoms with E-state index in [0.717, 1.165) is 51.4 Å². The molecule has 4 atom stereocenters. The zero-order valence-electron chi connectivity index (χ0n) is 25.5. The Morgan fingerprint density at radius 1 is 0.865 bits per heavy atom. The third-order valence-electron chi connectivity index (χ3n) is 6.09. The van der Waals surface area contributed by atoms with E-state index in [2.05, 4.69) is 64.4 Å². The van der Waals surface area contributed by atoms with Crippen molar-refractivity contribution in [2.24, 2.45) is 11.8 Å². The van der Waals surface area contributed by atoms with Crippen molar-refractivity contribution < 1.29 is 22.9 Å². The van der Waals surface area contributed by atoms with Gasteiger partial charge < -0.3 is 13.3 Å². The summed E-state index contributed by atoms with van der Waals surface area (Å²) in [7, 11) is -4.99. The van der Waals surface area contributed by atoms with E-state index in [1.807, 2.05) is 19.6 Å². The summed E-state index contributed by atoms with van der Waals surface area (Å²) in [5.74, 6) is 0.368. The Morgan fingerprint density at radius 2 is 1.49 bits per heavy atom. The van der Waals surface area contributed by atoms with Crippen molar-refractivity contribution >= 4 is 36.7 Å². The zero-order valence-corrected chi connectivity index (χ0v) is 28.5. The third-order valence-corrected chi connectivity index (χ3v) is 9.05. The zero-order chi connectivity index (χ0) is 28.3. The molecule has 0 saturated heterocycles. The van der Waals surface area contributed by atoms with E-state index >= 15 is 0 Å². The molecule has 0 aromatic rings. The summed E-state index contributed by atoms with van der Waals surface area (Å²) in [5.41, 5.74) is 0. The van der Waals surface area contributed by atoms with Crippen LogP contribution in [0.1, 0.15) is 64.7 Å². The fourth-order valence-corrected chi connectivity index (χ4v) is 7.95. The first-order valence-electron chi connectivity index (χ1n) is 14.4. The Hall–Kier alpha value is -0.809. The fraction of sp³-hybridized carbons (Fsp3) is 0.793. The van der Waals surface area contributed by atoms with Crippen LogP contribution in [-0.2, 0) is 22.9 Å². The van der Waals surface area contributed by atoms with Crippen LogP contribution >= 0.6 is 0 Å². The van der Waals surface area contributed by atoms with Gasteiger partial charge in [-0.15, -0.1) is 0 Å². The highest BCUT2D eigenvalue weighted by atomic mass is 28.4. The minimum atomic E-state index is -1.79. The molecule has 0 saturated carbocycles. The van der Waals surface area contributed by atoms with Gasteiger partial charge in [-0.25, -0.2) is 0 Å². The molecule has 0 aromatic heterocycles. The smallest absolute Gasteiger partial charge is 0.292 e. The summed E-state index contributed by atoms with van der Waals surface area (Å²) in [6.45, 7) is 21.7. The van der Waals surface area contributed by atoms with Crippen LogP contribution in [0.2, 0.25) is 58.9 Å². The van der Waals surface area contributed by atoms with Gasteiger partial charge in [0.05, 0.1) is 6.10 Å². The van der Waals surface area contributed by atoms with Crippen molar-refractivity contribution in [1.29, 1.82) is 0 Å². The quantitative estimate of drug-likeness (QED) is 0.0946. The van der Waals surface area contributed by atoms with Gasteiger partial charge in [-0.2, -0.15) is 0 Å². The summed E-state index contributed by atoms with van der Waals surface area (Å²) in [4.78, 5) is 24.4. The molecule has 0 bridgehead atoms. The van der Waals surface area contributed by atoms with Crippen molar-refractivity contribution in [3.63, 3.8) is 0 Å². The fourth-order valence-electron chi connectivity index (χ4n) is 4.74. The van der Waals surface area contributed by atoms with Gasteiger partial charge in [-0.1, -0.05) is 37.5 Å². The van der Waals surface area contributed by atoms with Crippen molar-refractivity contribution in [3.05, 3.63) is 24.3 Å². The predicted molar refractivity (Wildman–Crippen MR) is 163 cm³/mol. The van der Waals surface area contributed by atoms with E-state index in [1.165, 1.54) is 0 Å². The average molecular weight is 569 g/mol. The van der Waals surface area contributed by atoms with Gasteiger partial charge in [-0.3, -0.25) is 9.59 Å². The van der Waals surface area contributed by atoms with E-state index < -0.39 is 25.0 Å².